The van der Waals surface area contributed by atoms with Crippen molar-refractivity contribution in [2.45, 2.75) is 19.3 Å². The molecular weight excluding hydrogens is 377 g/mol. The Bertz CT molecular complexity index is 748. The number of hydrogen-bond acceptors (Lipinski definition) is 7. The zero-order valence-electron chi connectivity index (χ0n) is 15.3. The maximum Gasteiger partial charge on any atom is 1.00 e. The van der Waals surface area contributed by atoms with Gasteiger partial charge in [0.2, 0.25) is 0 Å². The van der Waals surface area contributed by atoms with Gasteiger partial charge in [-0.25, -0.2) is 9.63 Å². The third-order valence-corrected chi connectivity index (χ3v) is 3.44. The molecule has 0 aliphatic rings. The predicted molar refractivity (Wildman–Crippen MR) is 92.3 cm³/mol. The summed E-state index contributed by atoms with van der Waals surface area (Å²) in [6.45, 7) is -0.573. The molecule has 2 aromatic rings. The van der Waals surface area contributed by atoms with Crippen LogP contribution >= 0.6 is 0 Å². The number of nitrogens with one attached hydrogen (secondary N) is 1. The van der Waals surface area contributed by atoms with E-state index in [1.54, 1.807) is 48.5 Å². The number of rotatable bonds is 10. The van der Waals surface area contributed by atoms with Crippen molar-refractivity contribution in [2.75, 3.05) is 6.54 Å². The molecule has 1 amide bonds. The van der Waals surface area contributed by atoms with E-state index >= 15 is 0 Å². The molecule has 0 saturated carbocycles. The average molecular weight is 395 g/mol. The minimum atomic E-state index is -1.61. The fraction of sp³-hybridized carbons (Fsp3) is 0.222. The van der Waals surface area contributed by atoms with Crippen LogP contribution in [-0.4, -0.2) is 29.8 Å². The summed E-state index contributed by atoms with van der Waals surface area (Å²) in [6, 6.07) is 16.2. The van der Waals surface area contributed by atoms with Gasteiger partial charge in [0.05, 0.1) is 23.8 Å². The topological polar surface area (TPSA) is 120 Å². The van der Waals surface area contributed by atoms with Gasteiger partial charge in [-0.2, -0.15) is 0 Å². The zero-order chi connectivity index (χ0) is 19.5. The van der Waals surface area contributed by atoms with Crippen molar-refractivity contribution in [3.63, 3.8) is 0 Å². The number of benzene rings is 2. The van der Waals surface area contributed by atoms with Crippen LogP contribution in [-0.2, 0) is 27.6 Å². The number of carbonyl (C=O) groups is 2. The molecule has 0 heterocycles. The van der Waals surface area contributed by atoms with Gasteiger partial charge >= 0.3 is 35.7 Å². The van der Waals surface area contributed by atoms with Crippen molar-refractivity contribution >= 4 is 12.1 Å². The second-order valence-electron chi connectivity index (χ2n) is 5.45. The molecule has 0 unspecified atom stereocenters. The number of carboxylic acid groups (broad SMARTS) is 1. The first kappa shape index (κ1) is 23.6. The normalized spacial score (nSPS) is 10.9. The van der Waals surface area contributed by atoms with Gasteiger partial charge in [-0.05, 0) is 11.1 Å². The van der Waals surface area contributed by atoms with Crippen molar-refractivity contribution in [2.24, 2.45) is 5.29 Å². The summed E-state index contributed by atoms with van der Waals surface area (Å²) in [5.41, 5.74) is 1.49. The molecule has 0 radical (unpaired) electrons. The maximum atomic E-state index is 11.8. The van der Waals surface area contributed by atoms with E-state index < -0.39 is 24.6 Å². The quantitative estimate of drug-likeness (QED) is 0.285. The van der Waals surface area contributed by atoms with E-state index in [1.165, 1.54) is 0 Å². The number of nitrogens with zero attached hydrogens (tertiary/aromatic N) is 2. The van der Waals surface area contributed by atoms with Gasteiger partial charge in [0.15, 0.2) is 0 Å². The van der Waals surface area contributed by atoms with Crippen LogP contribution in [0, 0.1) is 4.91 Å². The third kappa shape index (κ3) is 8.49. The summed E-state index contributed by atoms with van der Waals surface area (Å²) < 4.78 is 4.94. The van der Waals surface area contributed by atoms with Crippen molar-refractivity contribution in [3.05, 3.63) is 76.7 Å². The summed E-state index contributed by atoms with van der Waals surface area (Å²) in [4.78, 5) is 39.0. The summed E-state index contributed by atoms with van der Waals surface area (Å²) >= 11 is 0. The largest absolute Gasteiger partial charge is 1.00 e. The number of hydroxylamine groups is 1. The van der Waals surface area contributed by atoms with E-state index in [9.17, 15) is 19.6 Å². The summed E-state index contributed by atoms with van der Waals surface area (Å²) in [6.07, 6.45) is -0.970. The monoisotopic (exact) mass is 395 g/mol. The minimum absolute atomic E-state index is 0. The average Bonchev–Trinajstić information content (AvgIpc) is 2.70. The fourth-order valence-corrected chi connectivity index (χ4v) is 2.08. The maximum absolute atomic E-state index is 11.8. The van der Waals surface area contributed by atoms with Crippen LogP contribution in [0.25, 0.3) is 0 Å². The fourth-order valence-electron chi connectivity index (χ4n) is 2.08. The number of hydrogen-bond donors (Lipinski definition) is 1. The Balaban J connectivity index is 0.00000392. The Kier molecular flexibility index (Phi) is 10.8. The third-order valence-electron chi connectivity index (χ3n) is 3.44. The van der Waals surface area contributed by atoms with Gasteiger partial charge in [-0.1, -0.05) is 60.7 Å². The molecular formula is C18H18N3NaO6. The number of nitroso groups, excluding NO2 is 1. The number of amides is 1. The van der Waals surface area contributed by atoms with Gasteiger partial charge in [-0.3, -0.25) is 0 Å². The van der Waals surface area contributed by atoms with Gasteiger partial charge in [-0.15, -0.1) is 10.1 Å². The van der Waals surface area contributed by atoms with E-state index in [0.29, 0.717) is 5.17 Å². The molecule has 0 fully saturated rings. The van der Waals surface area contributed by atoms with Crippen LogP contribution in [0.3, 0.4) is 0 Å². The molecule has 0 bridgehead atoms. The van der Waals surface area contributed by atoms with E-state index in [2.05, 4.69) is 10.6 Å². The molecule has 0 spiro atoms. The van der Waals surface area contributed by atoms with E-state index in [4.69, 9.17) is 9.57 Å². The van der Waals surface area contributed by atoms with Crippen molar-refractivity contribution in [1.29, 1.82) is 0 Å². The molecule has 28 heavy (non-hydrogen) atoms. The second kappa shape index (κ2) is 12.8. The van der Waals surface area contributed by atoms with Gasteiger partial charge in [0.25, 0.3) is 0 Å². The minimum Gasteiger partial charge on any atom is -0.548 e. The van der Waals surface area contributed by atoms with Gasteiger partial charge < -0.3 is 20.0 Å². The first-order chi connectivity index (χ1) is 13.1. The SMILES string of the molecule is O=NN(C[C@H](NC(=O)OCc1ccccc1)C(=O)[O-])OCc1ccccc1.[Na+]. The molecule has 0 saturated heterocycles. The second-order valence-corrected chi connectivity index (χ2v) is 5.45. The Hall–Kier alpha value is -2.46. The number of ether oxygens (including phenoxy) is 1. The van der Waals surface area contributed by atoms with Crippen molar-refractivity contribution in [3.8, 4) is 0 Å². The van der Waals surface area contributed by atoms with E-state index in [0.717, 1.165) is 11.1 Å². The Morgan fingerprint density at radius 2 is 1.54 bits per heavy atom. The van der Waals surface area contributed by atoms with E-state index in [-0.39, 0.29) is 42.8 Å². The summed E-state index contributed by atoms with van der Waals surface area (Å²) in [7, 11) is 0. The molecule has 0 aliphatic heterocycles. The van der Waals surface area contributed by atoms with Crippen molar-refractivity contribution < 1.29 is 53.8 Å². The Morgan fingerprint density at radius 3 is 2.04 bits per heavy atom. The molecule has 0 aliphatic carbocycles. The summed E-state index contributed by atoms with van der Waals surface area (Å²) in [5.74, 6) is -1.61. The van der Waals surface area contributed by atoms with Crippen molar-refractivity contribution in [1.82, 2.24) is 10.5 Å². The molecule has 9 nitrogen and oxygen atoms in total. The number of alkyl carbamates (subject to hydrolysis) is 1. The van der Waals surface area contributed by atoms with E-state index in [1.807, 2.05) is 12.1 Å². The zero-order valence-corrected chi connectivity index (χ0v) is 17.3. The molecule has 1 N–H and O–H groups in total. The van der Waals surface area contributed by atoms with Crippen LogP contribution in [0.15, 0.2) is 65.9 Å². The van der Waals surface area contributed by atoms with Crippen LogP contribution in [0.4, 0.5) is 4.79 Å². The molecule has 2 aromatic carbocycles. The number of carbonyl (C=O) groups excluding carboxylic acids is 2. The smallest absolute Gasteiger partial charge is 0.548 e. The van der Waals surface area contributed by atoms with Crippen LogP contribution in [0.1, 0.15) is 11.1 Å². The van der Waals surface area contributed by atoms with Crippen LogP contribution < -0.4 is 40.0 Å². The standard InChI is InChI=1S/C18H19N3O6.Na/c22-17(23)16(19-18(24)26-12-14-7-3-1-4-8-14)11-21(20-25)27-13-15-9-5-2-6-10-15;/h1-10,16H,11-13H2,(H,19,24)(H,22,23);/q;+1/p-1/t16-;/m0./s1. The van der Waals surface area contributed by atoms with Gasteiger partial charge in [0.1, 0.15) is 13.2 Å². The van der Waals surface area contributed by atoms with Crippen LogP contribution in [0.2, 0.25) is 0 Å². The first-order valence-corrected chi connectivity index (χ1v) is 8.04. The molecule has 142 valence electrons. The molecule has 1 atom stereocenters. The molecule has 2 rings (SSSR count). The molecule has 0 aromatic heterocycles. The number of carboxylic acids is 1. The Morgan fingerprint density at radius 1 is 1.00 bits per heavy atom. The first-order valence-electron chi connectivity index (χ1n) is 8.04. The summed E-state index contributed by atoms with van der Waals surface area (Å²) in [5, 5.41) is 16.5. The number of aliphatic carboxylic acids is 1. The molecule has 10 heteroatoms. The predicted octanol–water partition coefficient (Wildman–Crippen LogP) is -1.85. The van der Waals surface area contributed by atoms with Gasteiger partial charge in [0, 0.05) is 0 Å². The Labute approximate surface area is 183 Å². The van der Waals surface area contributed by atoms with Crippen LogP contribution in [0.5, 0.6) is 0 Å².